The van der Waals surface area contributed by atoms with Gasteiger partial charge in [-0.1, -0.05) is 99.6 Å². The Bertz CT molecular complexity index is 1230. The van der Waals surface area contributed by atoms with Crippen molar-refractivity contribution in [3.8, 4) is 0 Å². The van der Waals surface area contributed by atoms with Crippen molar-refractivity contribution in [1.29, 1.82) is 0 Å². The van der Waals surface area contributed by atoms with Crippen LogP contribution >= 0.6 is 0 Å². The summed E-state index contributed by atoms with van der Waals surface area (Å²) in [6.45, 7) is 17.6. The van der Waals surface area contributed by atoms with Gasteiger partial charge in [0.15, 0.2) is 0 Å². The van der Waals surface area contributed by atoms with E-state index in [0.717, 1.165) is 52.4 Å². The second-order valence-corrected chi connectivity index (χ2v) is 15.6. The van der Waals surface area contributed by atoms with Crippen molar-refractivity contribution in [1.82, 2.24) is 15.1 Å². The molecule has 3 aromatic carbocycles. The topological polar surface area (TPSA) is 46.2 Å². The number of nitrogens with one attached hydrogen (secondary N) is 1. The second-order valence-electron chi connectivity index (χ2n) is 13.2. The molecule has 232 valence electrons. The molecule has 0 aliphatic carbocycles. The van der Waals surface area contributed by atoms with Crippen LogP contribution in [0, 0.1) is 6.92 Å². The molecule has 3 aromatic rings. The van der Waals surface area contributed by atoms with Crippen LogP contribution in [-0.2, 0) is 19.3 Å². The number of ether oxygens (including phenoxy) is 2. The summed E-state index contributed by atoms with van der Waals surface area (Å²) in [4.78, 5) is 5.15. The monoisotopic (exact) mass is 601 g/mol. The zero-order valence-corrected chi connectivity index (χ0v) is 28.0. The first kappa shape index (κ1) is 32.0. The summed E-state index contributed by atoms with van der Waals surface area (Å²) in [5, 5.41) is 6.52. The molecule has 7 heteroatoms. The molecule has 0 spiro atoms. The van der Waals surface area contributed by atoms with E-state index in [1.807, 2.05) is 0 Å². The van der Waals surface area contributed by atoms with E-state index in [0.29, 0.717) is 6.61 Å². The number of hydrogen-bond acceptors (Lipinski definition) is 6. The van der Waals surface area contributed by atoms with Gasteiger partial charge in [0.25, 0.3) is 0 Å². The summed E-state index contributed by atoms with van der Waals surface area (Å²) >= 11 is 0. The quantitative estimate of drug-likeness (QED) is 0.340. The molecular formula is C36H51N3O3Si. The van der Waals surface area contributed by atoms with Gasteiger partial charge >= 0.3 is 0 Å². The zero-order valence-electron chi connectivity index (χ0n) is 26.8. The van der Waals surface area contributed by atoms with Gasteiger partial charge in [0.1, 0.15) is 0 Å². The van der Waals surface area contributed by atoms with Crippen molar-refractivity contribution in [2.45, 2.75) is 51.4 Å². The maximum atomic E-state index is 7.45. The summed E-state index contributed by atoms with van der Waals surface area (Å²) in [5.74, 6) is 0. The molecule has 2 fully saturated rings. The SMILES string of the molecule is COC[C@@H]1CN(CCN2CCN[C@@H](C(O[SiH](c3ccccc3)c3ccccc3)c3ccc(C)c(C(C)(C)C)c3)C2)CCO1. The summed E-state index contributed by atoms with van der Waals surface area (Å²) in [6, 6.07) is 29.0. The van der Waals surface area contributed by atoms with Gasteiger partial charge in [-0.2, -0.15) is 0 Å². The molecule has 43 heavy (non-hydrogen) atoms. The van der Waals surface area contributed by atoms with Gasteiger partial charge in [0, 0.05) is 59.0 Å². The van der Waals surface area contributed by atoms with Gasteiger partial charge in [-0.05, 0) is 39.4 Å². The van der Waals surface area contributed by atoms with E-state index in [2.05, 4.69) is 122 Å². The Kier molecular flexibility index (Phi) is 11.2. The highest BCUT2D eigenvalue weighted by atomic mass is 28.3. The van der Waals surface area contributed by atoms with Gasteiger partial charge in [-0.25, -0.2) is 0 Å². The number of methoxy groups -OCH3 is 1. The lowest BCUT2D eigenvalue weighted by Gasteiger charge is -2.41. The molecule has 5 rings (SSSR count). The van der Waals surface area contributed by atoms with Crippen LogP contribution in [0.25, 0.3) is 0 Å². The van der Waals surface area contributed by atoms with Crippen LogP contribution in [0.1, 0.15) is 43.6 Å². The predicted molar refractivity (Wildman–Crippen MR) is 179 cm³/mol. The lowest BCUT2D eigenvalue weighted by atomic mass is 9.82. The van der Waals surface area contributed by atoms with E-state index in [1.54, 1.807) is 7.11 Å². The molecule has 0 amide bonds. The summed E-state index contributed by atoms with van der Waals surface area (Å²) < 4.78 is 18.7. The number of nitrogens with zero attached hydrogens (tertiary/aromatic N) is 2. The highest BCUT2D eigenvalue weighted by Gasteiger charge is 2.33. The molecule has 0 aromatic heterocycles. The molecule has 1 unspecified atom stereocenters. The number of rotatable bonds is 11. The third-order valence-electron chi connectivity index (χ3n) is 8.85. The lowest BCUT2D eigenvalue weighted by Crippen LogP contribution is -2.57. The van der Waals surface area contributed by atoms with Crippen LogP contribution in [0.4, 0.5) is 0 Å². The van der Waals surface area contributed by atoms with Crippen molar-refractivity contribution >= 4 is 19.4 Å². The molecule has 2 aliphatic rings. The molecule has 1 N–H and O–H groups in total. The van der Waals surface area contributed by atoms with Gasteiger partial charge < -0.3 is 19.2 Å². The first-order valence-corrected chi connectivity index (χ1v) is 17.6. The lowest BCUT2D eigenvalue weighted by molar-refractivity contribution is -0.0627. The average molecular weight is 602 g/mol. The fourth-order valence-electron chi connectivity index (χ4n) is 6.58. The van der Waals surface area contributed by atoms with Crippen molar-refractivity contribution in [2.24, 2.45) is 0 Å². The van der Waals surface area contributed by atoms with Crippen LogP contribution in [0.3, 0.4) is 0 Å². The number of benzene rings is 3. The molecule has 0 saturated carbocycles. The van der Waals surface area contributed by atoms with Gasteiger partial charge in [-0.3, -0.25) is 9.80 Å². The minimum Gasteiger partial charge on any atom is -0.402 e. The zero-order chi connectivity index (χ0) is 30.2. The fraction of sp³-hybridized carbons (Fsp3) is 0.500. The fourth-order valence-corrected chi connectivity index (χ4v) is 9.07. The molecular weight excluding hydrogens is 551 g/mol. The van der Waals surface area contributed by atoms with E-state index < -0.39 is 9.04 Å². The Hall–Kier alpha value is -2.36. The normalized spacial score (nSPS) is 21.3. The third kappa shape index (κ3) is 8.63. The van der Waals surface area contributed by atoms with Gasteiger partial charge in [0.05, 0.1) is 25.4 Å². The van der Waals surface area contributed by atoms with Crippen LogP contribution in [-0.4, -0.2) is 97.1 Å². The molecule has 2 saturated heterocycles. The van der Waals surface area contributed by atoms with Crippen LogP contribution in [0.2, 0.25) is 0 Å². The van der Waals surface area contributed by atoms with Gasteiger partial charge in [-0.15, -0.1) is 0 Å². The van der Waals surface area contributed by atoms with Crippen LogP contribution in [0.5, 0.6) is 0 Å². The molecule has 0 bridgehead atoms. The standard InChI is InChI=1S/C36H51N3O3Si/c1-28-16-17-29(24-33(28)36(2,3)4)35(42-43(31-12-8-6-9-13-31)32-14-10-7-11-15-32)34-26-38(19-18-37-34)20-21-39-22-23-41-30(25-39)27-40-5/h6-17,24,30,34-35,37,43H,18-23,25-27H2,1-5H3/t30-,34+,35?/m0/s1. The van der Waals surface area contributed by atoms with E-state index in [4.69, 9.17) is 13.9 Å². The maximum absolute atomic E-state index is 7.45. The molecule has 2 heterocycles. The second kappa shape index (κ2) is 15.1. The van der Waals surface area contributed by atoms with Crippen molar-refractivity contribution in [3.63, 3.8) is 0 Å². The predicted octanol–water partition coefficient (Wildman–Crippen LogP) is 3.51. The maximum Gasteiger partial charge on any atom is 0.240 e. The smallest absolute Gasteiger partial charge is 0.240 e. The number of morpholine rings is 1. The minimum atomic E-state index is -1.99. The van der Waals surface area contributed by atoms with Crippen LogP contribution in [0.15, 0.2) is 78.9 Å². The summed E-state index contributed by atoms with van der Waals surface area (Å²) in [6.07, 6.45) is 0.111. The minimum absolute atomic E-state index is 0.0592. The van der Waals surface area contributed by atoms with E-state index in [-0.39, 0.29) is 23.7 Å². The highest BCUT2D eigenvalue weighted by molar-refractivity contribution is 6.80. The summed E-state index contributed by atoms with van der Waals surface area (Å²) in [7, 11) is -0.232. The first-order valence-electron chi connectivity index (χ1n) is 16.0. The van der Waals surface area contributed by atoms with Crippen molar-refractivity contribution in [2.75, 3.05) is 66.1 Å². The third-order valence-corrected chi connectivity index (χ3v) is 11.4. The highest BCUT2D eigenvalue weighted by Crippen LogP contribution is 2.32. The van der Waals surface area contributed by atoms with Crippen molar-refractivity contribution < 1.29 is 13.9 Å². The average Bonchev–Trinajstić information content (AvgIpc) is 3.02. The number of piperazine rings is 1. The largest absolute Gasteiger partial charge is 0.402 e. The Balaban J connectivity index is 1.41. The van der Waals surface area contributed by atoms with E-state index in [9.17, 15) is 0 Å². The Morgan fingerprint density at radius 3 is 2.19 bits per heavy atom. The van der Waals surface area contributed by atoms with E-state index >= 15 is 0 Å². The van der Waals surface area contributed by atoms with Crippen molar-refractivity contribution in [3.05, 3.63) is 95.6 Å². The van der Waals surface area contributed by atoms with E-state index in [1.165, 1.54) is 27.1 Å². The Morgan fingerprint density at radius 1 is 0.907 bits per heavy atom. The van der Waals surface area contributed by atoms with Gasteiger partial charge in [0.2, 0.25) is 9.04 Å². The molecule has 6 nitrogen and oxygen atoms in total. The Labute approximate surface area is 261 Å². The Morgan fingerprint density at radius 2 is 1.56 bits per heavy atom. The number of hydrogen-bond donors (Lipinski definition) is 1. The van der Waals surface area contributed by atoms with Crippen LogP contribution < -0.4 is 15.7 Å². The first-order chi connectivity index (χ1) is 20.8. The number of aryl methyl sites for hydroxylation is 1. The molecule has 0 radical (unpaired) electrons. The summed E-state index contributed by atoms with van der Waals surface area (Å²) in [5.41, 5.74) is 4.06. The molecule has 3 atom stereocenters. The molecule has 2 aliphatic heterocycles.